The molecule has 9 heteroatoms. The first kappa shape index (κ1) is 22.7. The zero-order chi connectivity index (χ0) is 24.1. The van der Waals surface area contributed by atoms with Crippen LogP contribution in [0.1, 0.15) is 58.7 Å². The van der Waals surface area contributed by atoms with Gasteiger partial charge in [0.25, 0.3) is 5.91 Å². The Bertz CT molecular complexity index is 1200. The van der Waals surface area contributed by atoms with Gasteiger partial charge < -0.3 is 9.47 Å². The second-order valence-electron chi connectivity index (χ2n) is 8.90. The third kappa shape index (κ3) is 3.62. The van der Waals surface area contributed by atoms with Gasteiger partial charge in [0.15, 0.2) is 16.7 Å². The molecule has 2 aliphatic heterocycles. The van der Waals surface area contributed by atoms with E-state index in [0.717, 1.165) is 22.5 Å². The highest BCUT2D eigenvalue weighted by Gasteiger charge is 2.54. The van der Waals surface area contributed by atoms with Crippen LogP contribution in [0, 0.1) is 19.8 Å². The molecule has 3 aliphatic rings. The molecule has 4 unspecified atom stereocenters. The molecular weight excluding hydrogens is 459 g/mol. The van der Waals surface area contributed by atoms with Crippen LogP contribution in [-0.4, -0.2) is 41.5 Å². The molecule has 34 heavy (non-hydrogen) atoms. The van der Waals surface area contributed by atoms with Crippen molar-refractivity contribution in [2.45, 2.75) is 58.4 Å². The minimum atomic E-state index is -1.06. The van der Waals surface area contributed by atoms with Crippen molar-refractivity contribution in [3.8, 4) is 0 Å². The molecule has 0 N–H and O–H groups in total. The molecule has 1 aromatic carbocycles. The molecule has 0 saturated heterocycles. The Balaban J connectivity index is 1.61. The van der Waals surface area contributed by atoms with E-state index in [4.69, 9.17) is 9.47 Å². The second-order valence-corrected chi connectivity index (χ2v) is 9.88. The summed E-state index contributed by atoms with van der Waals surface area (Å²) >= 11 is 1.05. The van der Waals surface area contributed by atoms with Crippen LogP contribution in [0.4, 0.5) is 9.52 Å². The Kier molecular flexibility index (Phi) is 5.75. The van der Waals surface area contributed by atoms with Crippen molar-refractivity contribution < 1.29 is 28.2 Å². The number of Topliss-reactive ketones (excluding diaryl/α,β-unsaturated/α-hetero) is 1. The highest BCUT2D eigenvalue weighted by Crippen LogP contribution is 2.49. The zero-order valence-electron chi connectivity index (χ0n) is 19.2. The van der Waals surface area contributed by atoms with Crippen molar-refractivity contribution in [2.24, 2.45) is 5.92 Å². The van der Waals surface area contributed by atoms with Gasteiger partial charge in [-0.2, -0.15) is 0 Å². The first-order chi connectivity index (χ1) is 16.3. The fourth-order valence-electron chi connectivity index (χ4n) is 4.95. The Morgan fingerprint density at radius 1 is 1.24 bits per heavy atom. The summed E-state index contributed by atoms with van der Waals surface area (Å²) in [6, 6.07) is 6.77. The van der Waals surface area contributed by atoms with Gasteiger partial charge in [-0.3, -0.25) is 14.5 Å². The molecule has 1 fully saturated rings. The standard InChI is InChI=1S/C25H25FN2O5S/c1-4-32-24(31)22-13(3)27-25(34-22)28-19(14-7-5-12(2)6-8-14)18-20(29)16-11-15(26)9-10-17(16)33-21(18)23(28)30/h5-8,15-17,19H,4,9-11H2,1-3H3. The molecular formula is C25H25FN2O5S. The number of hydrogen-bond acceptors (Lipinski definition) is 7. The quantitative estimate of drug-likeness (QED) is 0.599. The van der Waals surface area contributed by atoms with Crippen molar-refractivity contribution in [3.05, 3.63) is 57.3 Å². The molecule has 0 spiro atoms. The fourth-order valence-corrected chi connectivity index (χ4v) is 5.94. The summed E-state index contributed by atoms with van der Waals surface area (Å²) in [5, 5.41) is 0.285. The number of carbonyl (C=O) groups is 3. The SMILES string of the molecule is CCOC(=O)c1sc(N2C(=O)C3=C(C(=O)C4CC(F)CCC4O3)C2c2ccc(C)cc2)nc1C. The number of esters is 1. The Labute approximate surface area is 200 Å². The van der Waals surface area contributed by atoms with Crippen molar-refractivity contribution in [1.82, 2.24) is 4.98 Å². The number of ether oxygens (including phenoxy) is 2. The van der Waals surface area contributed by atoms with Gasteiger partial charge in [0, 0.05) is 0 Å². The monoisotopic (exact) mass is 484 g/mol. The number of rotatable bonds is 4. The number of amides is 1. The van der Waals surface area contributed by atoms with Crippen molar-refractivity contribution in [3.63, 3.8) is 0 Å². The first-order valence-electron chi connectivity index (χ1n) is 11.4. The van der Waals surface area contributed by atoms with Gasteiger partial charge in [0.1, 0.15) is 17.2 Å². The normalized spacial score (nSPS) is 26.3. The maximum absolute atomic E-state index is 14.2. The molecule has 3 heterocycles. The molecule has 7 nitrogen and oxygen atoms in total. The van der Waals surface area contributed by atoms with Gasteiger partial charge in [-0.1, -0.05) is 41.2 Å². The number of carbonyl (C=O) groups excluding carboxylic acids is 3. The molecule has 0 radical (unpaired) electrons. The van der Waals surface area contributed by atoms with Crippen LogP contribution in [-0.2, 0) is 19.1 Å². The number of ketones is 1. The number of alkyl halides is 1. The third-order valence-electron chi connectivity index (χ3n) is 6.63. The number of nitrogens with zero attached hydrogens (tertiary/aromatic N) is 2. The topological polar surface area (TPSA) is 85.8 Å². The van der Waals surface area contributed by atoms with Crippen LogP contribution >= 0.6 is 11.3 Å². The predicted octanol–water partition coefficient (Wildman–Crippen LogP) is 4.38. The number of fused-ring (bicyclic) bond motifs is 1. The lowest BCUT2D eigenvalue weighted by Crippen LogP contribution is -2.42. The smallest absolute Gasteiger partial charge is 0.350 e. The number of benzene rings is 1. The number of halogens is 1. The molecule has 0 bridgehead atoms. The van der Waals surface area contributed by atoms with E-state index in [-0.39, 0.29) is 35.3 Å². The molecule has 4 atom stereocenters. The second kappa shape index (κ2) is 8.61. The summed E-state index contributed by atoms with van der Waals surface area (Å²) < 4.78 is 25.4. The van der Waals surface area contributed by atoms with Gasteiger partial charge in [-0.15, -0.1) is 0 Å². The lowest BCUT2D eigenvalue weighted by molar-refractivity contribution is -0.133. The Hall–Kier alpha value is -3.07. The van der Waals surface area contributed by atoms with E-state index in [2.05, 4.69) is 4.98 Å². The lowest BCUT2D eigenvalue weighted by atomic mass is 9.77. The van der Waals surface area contributed by atoms with E-state index in [0.29, 0.717) is 23.4 Å². The van der Waals surface area contributed by atoms with E-state index >= 15 is 0 Å². The van der Waals surface area contributed by atoms with Crippen molar-refractivity contribution in [2.75, 3.05) is 11.5 Å². The molecule has 1 amide bonds. The van der Waals surface area contributed by atoms with Crippen molar-refractivity contribution in [1.29, 1.82) is 0 Å². The number of hydrogen-bond donors (Lipinski definition) is 0. The van der Waals surface area contributed by atoms with E-state index in [1.54, 1.807) is 13.8 Å². The first-order valence-corrected chi connectivity index (χ1v) is 12.3. The number of aryl methyl sites for hydroxylation is 2. The molecule has 1 aromatic heterocycles. The van der Waals surface area contributed by atoms with Crippen molar-refractivity contribution >= 4 is 34.1 Å². The van der Waals surface area contributed by atoms with Crippen LogP contribution in [0.25, 0.3) is 0 Å². The van der Waals surface area contributed by atoms with Crippen LogP contribution in [0.15, 0.2) is 35.6 Å². The lowest BCUT2D eigenvalue weighted by Gasteiger charge is -2.36. The van der Waals surface area contributed by atoms with Gasteiger partial charge in [-0.25, -0.2) is 14.2 Å². The maximum atomic E-state index is 14.2. The third-order valence-corrected chi connectivity index (χ3v) is 7.77. The summed E-state index contributed by atoms with van der Waals surface area (Å²) in [6.07, 6.45) is -0.770. The number of aromatic nitrogens is 1. The summed E-state index contributed by atoms with van der Waals surface area (Å²) in [7, 11) is 0. The summed E-state index contributed by atoms with van der Waals surface area (Å²) in [4.78, 5) is 45.9. The van der Waals surface area contributed by atoms with Gasteiger partial charge in [0.05, 0.1) is 29.8 Å². The zero-order valence-corrected chi connectivity index (χ0v) is 20.0. The Morgan fingerprint density at radius 3 is 2.68 bits per heavy atom. The number of thiazole rings is 1. The highest BCUT2D eigenvalue weighted by atomic mass is 32.1. The van der Waals surface area contributed by atoms with Crippen LogP contribution < -0.4 is 4.90 Å². The molecule has 1 aliphatic carbocycles. The molecule has 178 valence electrons. The fraction of sp³-hybridized carbons (Fsp3) is 0.440. The average Bonchev–Trinajstić information content (AvgIpc) is 3.33. The minimum Gasteiger partial charge on any atom is -0.483 e. The summed E-state index contributed by atoms with van der Waals surface area (Å²) in [5.41, 5.74) is 2.44. The summed E-state index contributed by atoms with van der Waals surface area (Å²) in [6.45, 7) is 5.56. The van der Waals surface area contributed by atoms with Crippen LogP contribution in [0.2, 0.25) is 0 Å². The largest absolute Gasteiger partial charge is 0.483 e. The maximum Gasteiger partial charge on any atom is 0.350 e. The summed E-state index contributed by atoms with van der Waals surface area (Å²) in [5.74, 6) is -1.82. The van der Waals surface area contributed by atoms with Crippen LogP contribution in [0.5, 0.6) is 0 Å². The van der Waals surface area contributed by atoms with Gasteiger partial charge in [0.2, 0.25) is 0 Å². The van der Waals surface area contributed by atoms with E-state index in [9.17, 15) is 18.8 Å². The molecule has 1 saturated carbocycles. The average molecular weight is 485 g/mol. The van der Waals surface area contributed by atoms with E-state index in [1.807, 2.05) is 31.2 Å². The van der Waals surface area contributed by atoms with Crippen LogP contribution in [0.3, 0.4) is 0 Å². The van der Waals surface area contributed by atoms with E-state index in [1.165, 1.54) is 4.90 Å². The number of anilines is 1. The molecule has 2 aromatic rings. The van der Waals surface area contributed by atoms with E-state index < -0.39 is 36.1 Å². The van der Waals surface area contributed by atoms with Gasteiger partial charge in [-0.05, 0) is 45.6 Å². The predicted molar refractivity (Wildman–Crippen MR) is 123 cm³/mol. The molecule has 5 rings (SSSR count). The highest BCUT2D eigenvalue weighted by molar-refractivity contribution is 7.17. The minimum absolute atomic E-state index is 0.0136. The van der Waals surface area contributed by atoms with Gasteiger partial charge >= 0.3 is 5.97 Å². The Morgan fingerprint density at radius 2 is 1.97 bits per heavy atom.